The van der Waals surface area contributed by atoms with Gasteiger partial charge in [-0.1, -0.05) is 17.7 Å². The molecule has 25 heavy (non-hydrogen) atoms. The number of hydrogen-bond acceptors (Lipinski definition) is 3. The van der Waals surface area contributed by atoms with Crippen molar-refractivity contribution in [2.75, 3.05) is 27.2 Å². The van der Waals surface area contributed by atoms with Crippen molar-refractivity contribution in [2.24, 2.45) is 0 Å². The van der Waals surface area contributed by atoms with Crippen molar-refractivity contribution in [1.29, 1.82) is 0 Å². The Morgan fingerprint density at radius 2 is 1.76 bits per heavy atom. The SMILES string of the molecule is Cc1ccc(C(=O)N2CCC(C(=O)N(C)C)(n3cccn3)CC2)cc1. The van der Waals surface area contributed by atoms with Crippen molar-refractivity contribution >= 4 is 11.8 Å². The van der Waals surface area contributed by atoms with Crippen LogP contribution in [0.5, 0.6) is 0 Å². The lowest BCUT2D eigenvalue weighted by Gasteiger charge is -2.42. The molecule has 6 nitrogen and oxygen atoms in total. The Morgan fingerprint density at radius 1 is 1.12 bits per heavy atom. The Balaban J connectivity index is 1.79. The minimum Gasteiger partial charge on any atom is -0.347 e. The zero-order valence-corrected chi connectivity index (χ0v) is 15.0. The van der Waals surface area contributed by atoms with Crippen molar-refractivity contribution in [3.63, 3.8) is 0 Å². The van der Waals surface area contributed by atoms with E-state index in [-0.39, 0.29) is 11.8 Å². The van der Waals surface area contributed by atoms with E-state index in [4.69, 9.17) is 0 Å². The summed E-state index contributed by atoms with van der Waals surface area (Å²) in [6, 6.07) is 9.44. The Labute approximate surface area is 148 Å². The maximum atomic E-state index is 12.9. The maximum Gasteiger partial charge on any atom is 0.253 e. The first-order valence-corrected chi connectivity index (χ1v) is 8.52. The fraction of sp³-hybridized carbons (Fsp3) is 0.421. The molecule has 0 unspecified atom stereocenters. The fourth-order valence-electron chi connectivity index (χ4n) is 3.44. The number of amides is 2. The summed E-state index contributed by atoms with van der Waals surface area (Å²) >= 11 is 0. The highest BCUT2D eigenvalue weighted by Crippen LogP contribution is 2.32. The van der Waals surface area contributed by atoms with Crippen molar-refractivity contribution in [1.82, 2.24) is 19.6 Å². The van der Waals surface area contributed by atoms with E-state index >= 15 is 0 Å². The molecular weight excluding hydrogens is 316 g/mol. The van der Waals surface area contributed by atoms with Crippen LogP contribution in [-0.4, -0.2) is 58.6 Å². The number of likely N-dealkylation sites (N-methyl/N-ethyl adjacent to an activating group) is 1. The van der Waals surface area contributed by atoms with E-state index < -0.39 is 5.54 Å². The lowest BCUT2D eigenvalue weighted by molar-refractivity contribution is -0.141. The average Bonchev–Trinajstić information content (AvgIpc) is 3.16. The number of likely N-dealkylation sites (tertiary alicyclic amines) is 1. The fourth-order valence-corrected chi connectivity index (χ4v) is 3.44. The predicted molar refractivity (Wildman–Crippen MR) is 95.2 cm³/mol. The smallest absolute Gasteiger partial charge is 0.253 e. The number of benzene rings is 1. The molecule has 132 valence electrons. The summed E-state index contributed by atoms with van der Waals surface area (Å²) in [5, 5.41) is 4.32. The van der Waals surface area contributed by atoms with E-state index in [1.165, 1.54) is 0 Å². The molecule has 2 aromatic rings. The highest BCUT2D eigenvalue weighted by molar-refractivity contribution is 5.94. The topological polar surface area (TPSA) is 58.4 Å². The van der Waals surface area contributed by atoms with Crippen LogP contribution >= 0.6 is 0 Å². The first-order valence-electron chi connectivity index (χ1n) is 8.52. The summed E-state index contributed by atoms with van der Waals surface area (Å²) in [6.45, 7) is 3.07. The van der Waals surface area contributed by atoms with Gasteiger partial charge in [0.15, 0.2) is 0 Å². The summed E-state index contributed by atoms with van der Waals surface area (Å²) < 4.78 is 1.75. The molecule has 1 aliphatic heterocycles. The molecule has 2 heterocycles. The van der Waals surface area contributed by atoms with Crippen molar-refractivity contribution in [3.05, 3.63) is 53.9 Å². The summed E-state index contributed by atoms with van der Waals surface area (Å²) in [5.74, 6) is 0.0463. The monoisotopic (exact) mass is 340 g/mol. The van der Waals surface area contributed by atoms with Gasteiger partial charge in [0, 0.05) is 45.1 Å². The number of hydrogen-bond donors (Lipinski definition) is 0. The number of piperidine rings is 1. The van der Waals surface area contributed by atoms with Crippen LogP contribution in [0.4, 0.5) is 0 Å². The molecule has 0 atom stereocenters. The Morgan fingerprint density at radius 3 is 2.28 bits per heavy atom. The van der Waals surface area contributed by atoms with Gasteiger partial charge in [0.1, 0.15) is 5.54 Å². The maximum absolute atomic E-state index is 12.9. The van der Waals surface area contributed by atoms with Gasteiger partial charge in [-0.2, -0.15) is 5.10 Å². The number of carbonyl (C=O) groups is 2. The van der Waals surface area contributed by atoms with Crippen LogP contribution in [0.2, 0.25) is 0 Å². The second-order valence-corrected chi connectivity index (χ2v) is 6.84. The highest BCUT2D eigenvalue weighted by Gasteiger charge is 2.45. The summed E-state index contributed by atoms with van der Waals surface area (Å²) in [7, 11) is 3.52. The minimum atomic E-state index is -0.711. The second kappa shape index (κ2) is 6.70. The molecule has 1 aromatic heterocycles. The number of carbonyl (C=O) groups excluding carboxylic acids is 2. The third-order valence-electron chi connectivity index (χ3n) is 4.92. The molecule has 2 amide bonds. The quantitative estimate of drug-likeness (QED) is 0.858. The van der Waals surface area contributed by atoms with Crippen LogP contribution in [0.15, 0.2) is 42.7 Å². The van der Waals surface area contributed by atoms with E-state index in [0.29, 0.717) is 31.5 Å². The van der Waals surface area contributed by atoms with Gasteiger partial charge >= 0.3 is 0 Å². The van der Waals surface area contributed by atoms with Gasteiger partial charge in [-0.25, -0.2) is 0 Å². The van der Waals surface area contributed by atoms with Crippen LogP contribution in [-0.2, 0) is 10.3 Å². The van der Waals surface area contributed by atoms with Gasteiger partial charge in [-0.3, -0.25) is 14.3 Å². The third kappa shape index (κ3) is 3.16. The lowest BCUT2D eigenvalue weighted by atomic mass is 9.86. The zero-order valence-electron chi connectivity index (χ0n) is 15.0. The van der Waals surface area contributed by atoms with Crippen LogP contribution in [0.3, 0.4) is 0 Å². The summed E-state index contributed by atoms with van der Waals surface area (Å²) in [6.07, 6.45) is 4.64. The molecule has 0 N–H and O–H groups in total. The Kier molecular flexibility index (Phi) is 4.61. The van der Waals surface area contributed by atoms with Crippen molar-refractivity contribution in [2.45, 2.75) is 25.3 Å². The van der Waals surface area contributed by atoms with E-state index in [1.54, 1.807) is 29.9 Å². The number of aromatic nitrogens is 2. The minimum absolute atomic E-state index is 0.0198. The van der Waals surface area contributed by atoms with E-state index in [1.807, 2.05) is 48.4 Å². The van der Waals surface area contributed by atoms with E-state index in [9.17, 15) is 9.59 Å². The van der Waals surface area contributed by atoms with Gasteiger partial charge in [-0.05, 0) is 38.0 Å². The predicted octanol–water partition coefficient (Wildman–Crippen LogP) is 1.91. The highest BCUT2D eigenvalue weighted by atomic mass is 16.2. The molecule has 0 saturated carbocycles. The summed E-state index contributed by atoms with van der Waals surface area (Å²) in [4.78, 5) is 29.0. The number of rotatable bonds is 3. The standard InChI is InChI=1S/C19H24N4O2/c1-15-5-7-16(8-6-15)17(24)22-13-9-19(10-14-22,18(25)21(2)3)23-12-4-11-20-23/h4-8,11-12H,9-10,13-14H2,1-3H3. The van der Waals surface area contributed by atoms with Crippen molar-refractivity contribution in [3.8, 4) is 0 Å². The Bertz CT molecular complexity index is 742. The van der Waals surface area contributed by atoms with Gasteiger partial charge in [0.25, 0.3) is 5.91 Å². The van der Waals surface area contributed by atoms with Gasteiger partial charge in [0.05, 0.1) is 0 Å². The molecule has 3 rings (SSSR count). The molecule has 1 aromatic carbocycles. The van der Waals surface area contributed by atoms with Crippen LogP contribution in [0.25, 0.3) is 0 Å². The van der Waals surface area contributed by atoms with Gasteiger partial charge in [-0.15, -0.1) is 0 Å². The molecule has 0 spiro atoms. The van der Waals surface area contributed by atoms with Crippen LogP contribution < -0.4 is 0 Å². The van der Waals surface area contributed by atoms with Crippen LogP contribution in [0, 0.1) is 6.92 Å². The molecule has 1 aliphatic rings. The summed E-state index contributed by atoms with van der Waals surface area (Å²) in [5.41, 5.74) is 1.11. The molecule has 0 aliphatic carbocycles. The van der Waals surface area contributed by atoms with E-state index in [2.05, 4.69) is 5.10 Å². The lowest BCUT2D eigenvalue weighted by Crippen LogP contribution is -2.55. The molecule has 0 radical (unpaired) electrons. The first-order chi connectivity index (χ1) is 11.9. The number of aryl methyl sites for hydroxylation is 1. The van der Waals surface area contributed by atoms with Gasteiger partial charge in [0.2, 0.25) is 5.91 Å². The molecule has 6 heteroatoms. The van der Waals surface area contributed by atoms with Crippen molar-refractivity contribution < 1.29 is 9.59 Å². The molecule has 1 saturated heterocycles. The molecular formula is C19H24N4O2. The zero-order chi connectivity index (χ0) is 18.0. The number of nitrogens with zero attached hydrogens (tertiary/aromatic N) is 4. The third-order valence-corrected chi connectivity index (χ3v) is 4.92. The van der Waals surface area contributed by atoms with Gasteiger partial charge < -0.3 is 9.80 Å². The molecule has 1 fully saturated rings. The second-order valence-electron chi connectivity index (χ2n) is 6.84. The normalized spacial score (nSPS) is 16.5. The first kappa shape index (κ1) is 17.2. The Hall–Kier alpha value is -2.63. The largest absolute Gasteiger partial charge is 0.347 e. The molecule has 0 bridgehead atoms. The average molecular weight is 340 g/mol. The van der Waals surface area contributed by atoms with E-state index in [0.717, 1.165) is 5.56 Å². The van der Waals surface area contributed by atoms with Crippen LogP contribution in [0.1, 0.15) is 28.8 Å².